The van der Waals surface area contributed by atoms with Crippen LogP contribution in [0, 0.1) is 23.7 Å². The Morgan fingerprint density at radius 2 is 0.474 bits per heavy atom. The van der Waals surface area contributed by atoms with Crippen molar-refractivity contribution in [2.45, 2.75) is 81.1 Å². The number of aliphatic carboxylic acids is 4. The minimum absolute atomic E-state index is 0. The van der Waals surface area contributed by atoms with Crippen LogP contribution in [-0.4, -0.2) is 122 Å². The number of rotatable bonds is 12. The van der Waals surface area contributed by atoms with E-state index in [0.29, 0.717) is 0 Å². The summed E-state index contributed by atoms with van der Waals surface area (Å²) in [7, 11) is 0. The van der Waals surface area contributed by atoms with Crippen molar-refractivity contribution in [1.29, 1.82) is 0 Å². The van der Waals surface area contributed by atoms with E-state index in [1.165, 1.54) is 0 Å². The van der Waals surface area contributed by atoms with Gasteiger partial charge in [0.1, 0.15) is 23.9 Å². The maximum absolute atomic E-state index is 10.3. The molecule has 0 amide bonds. The summed E-state index contributed by atoms with van der Waals surface area (Å²) in [5.41, 5.74) is 0. The maximum Gasteiger partial charge on any atom is 2.00 e. The van der Waals surface area contributed by atoms with Crippen LogP contribution >= 0.6 is 0 Å². The molecule has 0 saturated carbocycles. The van der Waals surface area contributed by atoms with Crippen LogP contribution in [0.3, 0.4) is 0 Å². The molecule has 0 aromatic carbocycles. The van der Waals surface area contributed by atoms with Crippen LogP contribution in [0.15, 0.2) is 0 Å². The summed E-state index contributed by atoms with van der Waals surface area (Å²) >= 11 is 0. The number of carbonyl (C=O) groups is 8. The van der Waals surface area contributed by atoms with Crippen molar-refractivity contribution < 1.29 is 58.8 Å². The smallest absolute Gasteiger partial charge is 0.542 e. The van der Waals surface area contributed by atoms with E-state index >= 15 is 0 Å². The summed E-state index contributed by atoms with van der Waals surface area (Å²) < 4.78 is 0. The zero-order chi connectivity index (χ0) is 29.8. The Kier molecular flexibility index (Phi) is 38.2. The fourth-order valence-corrected chi connectivity index (χ4v) is 1.82. The number of hydrogen-bond acceptors (Lipinski definition) is 12. The molecular formula is C24H36Ca2O12. The minimum atomic E-state index is -1.58. The molecule has 0 N–H and O–H groups in total. The van der Waals surface area contributed by atoms with Gasteiger partial charge in [-0.25, -0.2) is 0 Å². The van der Waals surface area contributed by atoms with Crippen molar-refractivity contribution in [3.05, 3.63) is 0 Å². The molecule has 0 aliphatic heterocycles. The third-order valence-electron chi connectivity index (χ3n) is 3.29. The average molecular weight is 597 g/mol. The van der Waals surface area contributed by atoms with Crippen LogP contribution in [0.4, 0.5) is 0 Å². The molecule has 208 valence electrons. The zero-order valence-electron chi connectivity index (χ0n) is 23.5. The van der Waals surface area contributed by atoms with Crippen molar-refractivity contribution in [3.63, 3.8) is 0 Å². The molecule has 0 radical (unpaired) electrons. The third-order valence-corrected chi connectivity index (χ3v) is 3.29. The molecule has 0 spiro atoms. The predicted molar refractivity (Wildman–Crippen MR) is 129 cm³/mol. The fraction of sp³-hybridized carbons (Fsp3) is 0.667. The Morgan fingerprint density at radius 3 is 0.500 bits per heavy atom. The van der Waals surface area contributed by atoms with Gasteiger partial charge in [-0.1, -0.05) is 55.4 Å². The number of carboxylic acids is 4. The number of carbonyl (C=O) groups excluding carboxylic acids is 8. The molecular weight excluding hydrogens is 560 g/mol. The van der Waals surface area contributed by atoms with Gasteiger partial charge in [0.05, 0.1) is 0 Å². The van der Waals surface area contributed by atoms with Crippen LogP contribution in [0.25, 0.3) is 0 Å². The Balaban J connectivity index is -0.0000000883. The van der Waals surface area contributed by atoms with Gasteiger partial charge in [0.25, 0.3) is 0 Å². The van der Waals surface area contributed by atoms with Crippen LogP contribution < -0.4 is 20.4 Å². The summed E-state index contributed by atoms with van der Waals surface area (Å²) in [4.78, 5) is 80.3. The van der Waals surface area contributed by atoms with Crippen LogP contribution in [0.5, 0.6) is 0 Å². The van der Waals surface area contributed by atoms with Crippen molar-refractivity contribution in [1.82, 2.24) is 0 Å². The molecule has 0 fully saturated rings. The van der Waals surface area contributed by atoms with Crippen LogP contribution in [-0.2, 0) is 38.4 Å². The van der Waals surface area contributed by atoms with Gasteiger partial charge in [0.15, 0.2) is 23.1 Å². The molecule has 38 heavy (non-hydrogen) atoms. The number of carboxylic acid groups (broad SMARTS) is 4. The van der Waals surface area contributed by atoms with Gasteiger partial charge in [-0.05, 0) is 23.7 Å². The van der Waals surface area contributed by atoms with E-state index in [9.17, 15) is 58.8 Å². The van der Waals surface area contributed by atoms with Gasteiger partial charge in [-0.15, -0.1) is 0 Å². The minimum Gasteiger partial charge on any atom is -0.542 e. The van der Waals surface area contributed by atoms with E-state index in [0.717, 1.165) is 0 Å². The summed E-state index contributed by atoms with van der Waals surface area (Å²) in [6.07, 6.45) is 0.287. The molecule has 12 nitrogen and oxygen atoms in total. The Morgan fingerprint density at radius 1 is 0.368 bits per heavy atom. The first-order valence-corrected chi connectivity index (χ1v) is 11.1. The van der Waals surface area contributed by atoms with E-state index in [-0.39, 0.29) is 125 Å². The molecule has 0 unspecified atom stereocenters. The summed E-state index contributed by atoms with van der Waals surface area (Å²) in [6, 6.07) is 0. The summed E-state index contributed by atoms with van der Waals surface area (Å²) in [5, 5.41) is 39.1. The van der Waals surface area contributed by atoms with Crippen molar-refractivity contribution in [2.75, 3.05) is 0 Å². The molecule has 0 aromatic heterocycles. The second-order valence-corrected chi connectivity index (χ2v) is 9.23. The predicted octanol–water partition coefficient (Wildman–Crippen LogP) is -3.36. The van der Waals surface area contributed by atoms with Gasteiger partial charge in [-0.2, -0.15) is 0 Å². The first-order chi connectivity index (χ1) is 16.1. The van der Waals surface area contributed by atoms with E-state index in [1.54, 1.807) is 55.4 Å². The summed E-state index contributed by atoms with van der Waals surface area (Å²) in [6.45, 7) is 14.2. The van der Waals surface area contributed by atoms with E-state index < -0.39 is 47.0 Å². The van der Waals surface area contributed by atoms with Gasteiger partial charge in [0.2, 0.25) is 0 Å². The third kappa shape index (κ3) is 42.2. The van der Waals surface area contributed by atoms with Crippen molar-refractivity contribution in [2.24, 2.45) is 23.7 Å². The molecule has 14 heteroatoms. The Hall–Kier alpha value is -0.921. The van der Waals surface area contributed by atoms with Gasteiger partial charge >= 0.3 is 75.5 Å². The number of Topliss-reactive ketones (excluding diaryl/α,β-unsaturated/α-hetero) is 4. The molecule has 0 aromatic rings. The quantitative estimate of drug-likeness (QED) is 0.159. The summed E-state index contributed by atoms with van der Waals surface area (Å²) in [5.74, 6) is -9.21. The molecule has 0 bridgehead atoms. The van der Waals surface area contributed by atoms with Crippen LogP contribution in [0.1, 0.15) is 81.1 Å². The molecule has 0 saturated heterocycles. The standard InChI is InChI=1S/4C6H10O3.2Ca/c4*1-4(2)3-5(7)6(8)9;;/h4*4H,3H2,1-2H3,(H,8,9);;/q;;;;2*+2/p-4. The zero-order valence-corrected chi connectivity index (χ0v) is 27.9. The van der Waals surface area contributed by atoms with Crippen molar-refractivity contribution >= 4 is 122 Å². The Labute approximate surface area is 283 Å². The fourth-order valence-electron chi connectivity index (χ4n) is 1.82. The second-order valence-electron chi connectivity index (χ2n) is 9.23. The number of hydrogen-bond donors (Lipinski definition) is 0. The second kappa shape index (κ2) is 29.1. The van der Waals surface area contributed by atoms with E-state index in [1.807, 2.05) is 0 Å². The van der Waals surface area contributed by atoms with Gasteiger partial charge < -0.3 is 39.6 Å². The number of ketones is 4. The van der Waals surface area contributed by atoms with E-state index in [2.05, 4.69) is 0 Å². The average Bonchev–Trinajstić information content (AvgIpc) is 2.67. The van der Waals surface area contributed by atoms with E-state index in [4.69, 9.17) is 0 Å². The molecule has 0 aliphatic carbocycles. The monoisotopic (exact) mass is 596 g/mol. The van der Waals surface area contributed by atoms with Crippen LogP contribution in [0.2, 0.25) is 0 Å². The van der Waals surface area contributed by atoms with Gasteiger partial charge in [-0.3, -0.25) is 19.2 Å². The largest absolute Gasteiger partial charge is 2.00 e. The first-order valence-electron chi connectivity index (χ1n) is 11.1. The topological polar surface area (TPSA) is 229 Å². The molecule has 0 heterocycles. The van der Waals surface area contributed by atoms with Gasteiger partial charge in [0, 0.05) is 25.7 Å². The first kappa shape index (κ1) is 50.0. The SMILES string of the molecule is CC(C)CC(=O)C(=O)[O-].CC(C)CC(=O)C(=O)[O-].CC(C)CC(=O)C(=O)[O-].CC(C)CC(=O)C(=O)[O-].[Ca+2].[Ca+2]. The van der Waals surface area contributed by atoms with Crippen molar-refractivity contribution in [3.8, 4) is 0 Å². The Bertz CT molecular complexity index is 644. The molecule has 0 rings (SSSR count). The molecule has 0 atom stereocenters. The molecule has 0 aliphatic rings. The normalized spacial score (nSPS) is 9.16. The maximum atomic E-state index is 10.3.